The maximum atomic E-state index is 12.5. The normalized spacial score (nSPS) is 18.7. The van der Waals surface area contributed by atoms with Crippen molar-refractivity contribution in [1.29, 1.82) is 0 Å². The van der Waals surface area contributed by atoms with Crippen molar-refractivity contribution in [2.75, 3.05) is 5.33 Å². The molecule has 106 valence electrons. The molecule has 0 spiro atoms. The van der Waals surface area contributed by atoms with Crippen molar-refractivity contribution in [3.63, 3.8) is 0 Å². The van der Waals surface area contributed by atoms with Gasteiger partial charge in [-0.1, -0.05) is 52.0 Å². The minimum absolute atomic E-state index is 0.0360. The third kappa shape index (κ3) is 3.45. The average Bonchev–Trinajstić information content (AvgIpc) is 2.80. The van der Waals surface area contributed by atoms with Crippen LogP contribution in [-0.4, -0.2) is 19.3 Å². The van der Waals surface area contributed by atoms with Crippen LogP contribution in [0.5, 0.6) is 0 Å². The standard InChI is InChI=1S/C12H14BrCl2NO2S/c13-8-12(5-1-2-6-12)16-19(17,18)11-7-9(14)3-4-10(11)15/h3-4,7,16H,1-2,5-6,8H2. The van der Waals surface area contributed by atoms with Crippen LogP contribution >= 0.6 is 39.1 Å². The number of rotatable bonds is 4. The summed E-state index contributed by atoms with van der Waals surface area (Å²) in [4.78, 5) is 0.0360. The molecule has 1 aliphatic carbocycles. The first-order valence-electron chi connectivity index (χ1n) is 5.94. The van der Waals surface area contributed by atoms with Crippen LogP contribution in [0, 0.1) is 0 Å². The second kappa shape index (κ2) is 5.90. The van der Waals surface area contributed by atoms with Gasteiger partial charge in [0.05, 0.1) is 5.02 Å². The van der Waals surface area contributed by atoms with Crippen LogP contribution in [0.25, 0.3) is 0 Å². The van der Waals surface area contributed by atoms with E-state index in [0.717, 1.165) is 25.7 Å². The predicted octanol–water partition coefficient (Wildman–Crippen LogP) is 3.98. The number of nitrogens with one attached hydrogen (secondary N) is 1. The summed E-state index contributed by atoms with van der Waals surface area (Å²) < 4.78 is 27.7. The van der Waals surface area contributed by atoms with Crippen LogP contribution in [0.1, 0.15) is 25.7 Å². The van der Waals surface area contributed by atoms with E-state index in [4.69, 9.17) is 23.2 Å². The van der Waals surface area contributed by atoms with Crippen LogP contribution in [0.15, 0.2) is 23.1 Å². The van der Waals surface area contributed by atoms with Crippen molar-refractivity contribution in [3.05, 3.63) is 28.2 Å². The average molecular weight is 387 g/mol. The van der Waals surface area contributed by atoms with Gasteiger partial charge in [-0.25, -0.2) is 13.1 Å². The lowest BCUT2D eigenvalue weighted by atomic mass is 10.0. The van der Waals surface area contributed by atoms with Crippen molar-refractivity contribution >= 4 is 49.2 Å². The van der Waals surface area contributed by atoms with Gasteiger partial charge in [-0.2, -0.15) is 0 Å². The van der Waals surface area contributed by atoms with Gasteiger partial charge < -0.3 is 0 Å². The molecule has 1 N–H and O–H groups in total. The largest absolute Gasteiger partial charge is 0.242 e. The summed E-state index contributed by atoms with van der Waals surface area (Å²) in [5.74, 6) is 0. The molecule has 0 saturated heterocycles. The quantitative estimate of drug-likeness (QED) is 0.795. The van der Waals surface area contributed by atoms with Gasteiger partial charge in [0.15, 0.2) is 0 Å². The lowest BCUT2D eigenvalue weighted by Gasteiger charge is -2.27. The minimum atomic E-state index is -3.66. The SMILES string of the molecule is O=S(=O)(NC1(CBr)CCCC1)c1cc(Cl)ccc1Cl. The Labute approximate surface area is 131 Å². The molecule has 0 radical (unpaired) electrons. The van der Waals surface area contributed by atoms with Crippen molar-refractivity contribution in [2.24, 2.45) is 0 Å². The molecule has 1 fully saturated rings. The Balaban J connectivity index is 2.34. The van der Waals surface area contributed by atoms with E-state index < -0.39 is 15.6 Å². The van der Waals surface area contributed by atoms with Gasteiger partial charge in [-0.3, -0.25) is 0 Å². The Morgan fingerprint density at radius 1 is 1.26 bits per heavy atom. The highest BCUT2D eigenvalue weighted by Gasteiger charge is 2.37. The maximum absolute atomic E-state index is 12.5. The molecule has 0 atom stereocenters. The number of sulfonamides is 1. The molecule has 3 nitrogen and oxygen atoms in total. The highest BCUT2D eigenvalue weighted by Crippen LogP contribution is 2.34. The minimum Gasteiger partial charge on any atom is -0.207 e. The number of hydrogen-bond donors (Lipinski definition) is 1. The Morgan fingerprint density at radius 2 is 1.89 bits per heavy atom. The third-order valence-corrected chi connectivity index (χ3v) is 6.72. The maximum Gasteiger partial charge on any atom is 0.242 e. The Bertz CT molecular complexity index is 571. The van der Waals surface area contributed by atoms with E-state index in [2.05, 4.69) is 20.7 Å². The molecule has 2 rings (SSSR count). The van der Waals surface area contributed by atoms with Gasteiger partial charge in [-0.15, -0.1) is 0 Å². The summed E-state index contributed by atoms with van der Waals surface area (Å²) in [5, 5.41) is 1.13. The molecule has 7 heteroatoms. The van der Waals surface area contributed by atoms with Crippen molar-refractivity contribution in [3.8, 4) is 0 Å². The molecule has 19 heavy (non-hydrogen) atoms. The van der Waals surface area contributed by atoms with Crippen LogP contribution in [-0.2, 0) is 10.0 Å². The summed E-state index contributed by atoms with van der Waals surface area (Å²) in [6, 6.07) is 4.44. The van der Waals surface area contributed by atoms with Crippen LogP contribution in [0.3, 0.4) is 0 Å². The second-order valence-corrected chi connectivity index (χ2v) is 7.86. The zero-order valence-corrected chi connectivity index (χ0v) is 14.0. The second-order valence-electron chi connectivity index (χ2n) is 4.80. The van der Waals surface area contributed by atoms with E-state index in [1.807, 2.05) is 0 Å². The fraction of sp³-hybridized carbons (Fsp3) is 0.500. The Kier molecular flexibility index (Phi) is 4.83. The van der Waals surface area contributed by atoms with Gasteiger partial charge in [0.2, 0.25) is 10.0 Å². The fourth-order valence-electron chi connectivity index (χ4n) is 2.34. The number of halogens is 3. The highest BCUT2D eigenvalue weighted by atomic mass is 79.9. The summed E-state index contributed by atoms with van der Waals surface area (Å²) in [6.45, 7) is 0. The molecule has 0 bridgehead atoms. The van der Waals surface area contributed by atoms with Crippen molar-refractivity contribution < 1.29 is 8.42 Å². The van der Waals surface area contributed by atoms with E-state index in [-0.39, 0.29) is 9.92 Å². The van der Waals surface area contributed by atoms with E-state index in [1.165, 1.54) is 12.1 Å². The van der Waals surface area contributed by atoms with E-state index in [9.17, 15) is 8.42 Å². The smallest absolute Gasteiger partial charge is 0.207 e. The number of alkyl halides is 1. The van der Waals surface area contributed by atoms with E-state index in [1.54, 1.807) is 6.07 Å². The topological polar surface area (TPSA) is 46.2 Å². The van der Waals surface area contributed by atoms with Crippen LogP contribution < -0.4 is 4.72 Å². The third-order valence-electron chi connectivity index (χ3n) is 3.35. The molecule has 0 amide bonds. The van der Waals surface area contributed by atoms with Gasteiger partial charge in [-0.05, 0) is 31.0 Å². The fourth-order valence-corrected chi connectivity index (χ4v) is 5.45. The molecule has 1 aromatic carbocycles. The van der Waals surface area contributed by atoms with E-state index >= 15 is 0 Å². The summed E-state index contributed by atoms with van der Waals surface area (Å²) in [6.07, 6.45) is 3.71. The highest BCUT2D eigenvalue weighted by molar-refractivity contribution is 9.09. The van der Waals surface area contributed by atoms with Crippen molar-refractivity contribution in [2.45, 2.75) is 36.1 Å². The molecule has 0 unspecified atom stereocenters. The molecule has 1 aliphatic rings. The van der Waals surface area contributed by atoms with Crippen LogP contribution in [0.2, 0.25) is 10.0 Å². The zero-order chi connectivity index (χ0) is 14.1. The number of benzene rings is 1. The molecule has 1 aromatic rings. The van der Waals surface area contributed by atoms with Crippen LogP contribution in [0.4, 0.5) is 0 Å². The zero-order valence-electron chi connectivity index (χ0n) is 10.1. The van der Waals surface area contributed by atoms with Gasteiger partial charge >= 0.3 is 0 Å². The van der Waals surface area contributed by atoms with Crippen molar-refractivity contribution in [1.82, 2.24) is 4.72 Å². The molecule has 0 aromatic heterocycles. The predicted molar refractivity (Wildman–Crippen MR) is 81.8 cm³/mol. The Hall–Kier alpha value is 0.190. The molecule has 0 aliphatic heterocycles. The summed E-state index contributed by atoms with van der Waals surface area (Å²) in [7, 11) is -3.66. The lowest BCUT2D eigenvalue weighted by Crippen LogP contribution is -2.47. The summed E-state index contributed by atoms with van der Waals surface area (Å²) >= 11 is 15.2. The van der Waals surface area contributed by atoms with Gasteiger partial charge in [0.25, 0.3) is 0 Å². The first kappa shape index (κ1) is 15.6. The van der Waals surface area contributed by atoms with Gasteiger partial charge in [0.1, 0.15) is 4.90 Å². The van der Waals surface area contributed by atoms with E-state index in [0.29, 0.717) is 10.4 Å². The molecular formula is C12H14BrCl2NO2S. The first-order valence-corrected chi connectivity index (χ1v) is 9.30. The lowest BCUT2D eigenvalue weighted by molar-refractivity contribution is 0.438. The monoisotopic (exact) mass is 385 g/mol. The first-order chi connectivity index (χ1) is 8.88. The molecular weight excluding hydrogens is 373 g/mol. The van der Waals surface area contributed by atoms with Gasteiger partial charge in [0, 0.05) is 15.9 Å². The molecule has 1 saturated carbocycles. The summed E-state index contributed by atoms with van der Waals surface area (Å²) in [5.41, 5.74) is -0.412. The molecule has 0 heterocycles. The Morgan fingerprint density at radius 3 is 2.47 bits per heavy atom. The number of hydrogen-bond acceptors (Lipinski definition) is 2.